The average molecular weight is 268 g/mol. The molecule has 1 unspecified atom stereocenters. The molecule has 0 aliphatic carbocycles. The SMILES string of the molecule is Cc1nc(C(C)NCc2ccc(F)c(F)c2)cs1. The average Bonchev–Trinajstić information content (AvgIpc) is 2.77. The van der Waals surface area contributed by atoms with Gasteiger partial charge in [-0.05, 0) is 31.5 Å². The van der Waals surface area contributed by atoms with Crippen molar-refractivity contribution >= 4 is 11.3 Å². The number of thiazole rings is 1. The molecule has 0 saturated carbocycles. The van der Waals surface area contributed by atoms with Gasteiger partial charge in [0.15, 0.2) is 11.6 Å². The molecule has 0 fully saturated rings. The third-order valence-corrected chi connectivity index (χ3v) is 3.47. The van der Waals surface area contributed by atoms with Crippen LogP contribution in [-0.4, -0.2) is 4.98 Å². The molecule has 1 heterocycles. The van der Waals surface area contributed by atoms with E-state index < -0.39 is 11.6 Å². The fraction of sp³-hybridized carbons (Fsp3) is 0.308. The van der Waals surface area contributed by atoms with Gasteiger partial charge in [0, 0.05) is 18.0 Å². The molecule has 5 heteroatoms. The minimum atomic E-state index is -0.818. The van der Waals surface area contributed by atoms with Crippen LogP contribution in [0.4, 0.5) is 8.78 Å². The normalized spacial score (nSPS) is 12.7. The highest BCUT2D eigenvalue weighted by atomic mass is 32.1. The molecule has 0 aliphatic heterocycles. The van der Waals surface area contributed by atoms with Crippen LogP contribution in [0.25, 0.3) is 0 Å². The fourth-order valence-corrected chi connectivity index (χ4v) is 2.31. The number of aryl methyl sites for hydroxylation is 1. The molecule has 0 spiro atoms. The topological polar surface area (TPSA) is 24.9 Å². The number of nitrogens with zero attached hydrogens (tertiary/aromatic N) is 1. The van der Waals surface area contributed by atoms with E-state index in [1.165, 1.54) is 6.07 Å². The Bertz CT molecular complexity index is 540. The van der Waals surface area contributed by atoms with E-state index in [0.717, 1.165) is 16.8 Å². The minimum Gasteiger partial charge on any atom is -0.305 e. The van der Waals surface area contributed by atoms with Crippen LogP contribution in [-0.2, 0) is 6.54 Å². The van der Waals surface area contributed by atoms with Gasteiger partial charge in [0.05, 0.1) is 10.7 Å². The summed E-state index contributed by atoms with van der Waals surface area (Å²) in [7, 11) is 0. The largest absolute Gasteiger partial charge is 0.305 e. The lowest BCUT2D eigenvalue weighted by Crippen LogP contribution is -2.18. The maximum atomic E-state index is 13.0. The molecule has 0 aliphatic rings. The van der Waals surface area contributed by atoms with Gasteiger partial charge in [0.1, 0.15) is 0 Å². The second-order valence-electron chi connectivity index (χ2n) is 4.14. The zero-order valence-corrected chi connectivity index (χ0v) is 11.0. The highest BCUT2D eigenvalue weighted by Gasteiger charge is 2.09. The first-order chi connectivity index (χ1) is 8.56. The lowest BCUT2D eigenvalue weighted by Gasteiger charge is -2.11. The molecule has 2 aromatic rings. The molecular formula is C13H14F2N2S. The molecule has 1 aromatic heterocycles. The summed E-state index contributed by atoms with van der Waals surface area (Å²) >= 11 is 1.60. The first-order valence-corrected chi connectivity index (χ1v) is 6.53. The summed E-state index contributed by atoms with van der Waals surface area (Å²) < 4.78 is 25.8. The molecule has 2 nitrogen and oxygen atoms in total. The van der Waals surface area contributed by atoms with Crippen molar-refractivity contribution in [1.82, 2.24) is 10.3 Å². The summed E-state index contributed by atoms with van der Waals surface area (Å²) in [5, 5.41) is 6.25. The van der Waals surface area contributed by atoms with E-state index in [0.29, 0.717) is 12.1 Å². The molecule has 2 rings (SSSR count). The first-order valence-electron chi connectivity index (χ1n) is 5.65. The van der Waals surface area contributed by atoms with Gasteiger partial charge in [-0.15, -0.1) is 11.3 Å². The predicted molar refractivity (Wildman–Crippen MR) is 68.5 cm³/mol. The molecule has 18 heavy (non-hydrogen) atoms. The van der Waals surface area contributed by atoms with E-state index >= 15 is 0 Å². The Balaban J connectivity index is 1.97. The molecule has 0 radical (unpaired) electrons. The van der Waals surface area contributed by atoms with E-state index in [-0.39, 0.29) is 6.04 Å². The Labute approximate surface area is 109 Å². The van der Waals surface area contributed by atoms with E-state index in [4.69, 9.17) is 0 Å². The number of nitrogens with one attached hydrogen (secondary N) is 1. The van der Waals surface area contributed by atoms with Crippen LogP contribution < -0.4 is 5.32 Å². The summed E-state index contributed by atoms with van der Waals surface area (Å²) in [4.78, 5) is 4.38. The fourth-order valence-electron chi connectivity index (χ4n) is 1.60. The van der Waals surface area contributed by atoms with Crippen molar-refractivity contribution in [2.75, 3.05) is 0 Å². The van der Waals surface area contributed by atoms with Gasteiger partial charge >= 0.3 is 0 Å². The number of hydrogen-bond donors (Lipinski definition) is 1. The second kappa shape index (κ2) is 5.54. The number of halogens is 2. The number of hydrogen-bond acceptors (Lipinski definition) is 3. The zero-order valence-electron chi connectivity index (χ0n) is 10.2. The van der Waals surface area contributed by atoms with Gasteiger partial charge in [0.2, 0.25) is 0 Å². The molecular weight excluding hydrogens is 254 g/mol. The monoisotopic (exact) mass is 268 g/mol. The van der Waals surface area contributed by atoms with Crippen LogP contribution >= 0.6 is 11.3 Å². The lowest BCUT2D eigenvalue weighted by atomic mass is 10.2. The number of benzene rings is 1. The Morgan fingerprint density at radius 3 is 2.72 bits per heavy atom. The third-order valence-electron chi connectivity index (χ3n) is 2.68. The Kier molecular flexibility index (Phi) is 4.04. The first kappa shape index (κ1) is 13.1. The van der Waals surface area contributed by atoms with Gasteiger partial charge in [-0.1, -0.05) is 6.07 Å². The van der Waals surface area contributed by atoms with Crippen molar-refractivity contribution in [3.05, 3.63) is 51.5 Å². The summed E-state index contributed by atoms with van der Waals surface area (Å²) in [6, 6.07) is 4.01. The molecule has 96 valence electrons. The van der Waals surface area contributed by atoms with Crippen LogP contribution in [0.5, 0.6) is 0 Å². The summed E-state index contributed by atoms with van der Waals surface area (Å²) in [5.41, 5.74) is 1.69. The van der Waals surface area contributed by atoms with Crippen molar-refractivity contribution in [1.29, 1.82) is 0 Å². The standard InChI is InChI=1S/C13H14F2N2S/c1-8(13-7-18-9(2)17-13)16-6-10-3-4-11(14)12(15)5-10/h3-5,7-8,16H,6H2,1-2H3. The quantitative estimate of drug-likeness (QED) is 0.916. The molecule has 0 saturated heterocycles. The van der Waals surface area contributed by atoms with Crippen LogP contribution in [0.3, 0.4) is 0 Å². The van der Waals surface area contributed by atoms with Crippen molar-refractivity contribution in [3.8, 4) is 0 Å². The van der Waals surface area contributed by atoms with Gasteiger partial charge in [-0.25, -0.2) is 13.8 Å². The second-order valence-corrected chi connectivity index (χ2v) is 5.20. The molecule has 1 N–H and O–H groups in total. The zero-order chi connectivity index (χ0) is 13.1. The highest BCUT2D eigenvalue weighted by molar-refractivity contribution is 7.09. The Morgan fingerprint density at radius 2 is 2.11 bits per heavy atom. The summed E-state index contributed by atoms with van der Waals surface area (Å²) in [6.45, 7) is 4.43. The molecule has 1 aromatic carbocycles. The van der Waals surface area contributed by atoms with E-state index in [2.05, 4.69) is 10.3 Å². The third kappa shape index (κ3) is 3.11. The van der Waals surface area contributed by atoms with Crippen molar-refractivity contribution in [2.24, 2.45) is 0 Å². The van der Waals surface area contributed by atoms with E-state index in [1.807, 2.05) is 19.2 Å². The lowest BCUT2D eigenvalue weighted by molar-refractivity contribution is 0.503. The van der Waals surface area contributed by atoms with Crippen LogP contribution in [0.1, 0.15) is 29.2 Å². The smallest absolute Gasteiger partial charge is 0.159 e. The summed E-state index contributed by atoms with van der Waals surface area (Å²) in [6.07, 6.45) is 0. The molecule has 0 bridgehead atoms. The van der Waals surface area contributed by atoms with Crippen molar-refractivity contribution < 1.29 is 8.78 Å². The van der Waals surface area contributed by atoms with E-state index in [1.54, 1.807) is 17.4 Å². The van der Waals surface area contributed by atoms with Crippen molar-refractivity contribution in [3.63, 3.8) is 0 Å². The molecule has 1 atom stereocenters. The van der Waals surface area contributed by atoms with Gasteiger partial charge in [0.25, 0.3) is 0 Å². The minimum absolute atomic E-state index is 0.0862. The Morgan fingerprint density at radius 1 is 1.33 bits per heavy atom. The van der Waals surface area contributed by atoms with Gasteiger partial charge in [-0.2, -0.15) is 0 Å². The van der Waals surface area contributed by atoms with Crippen LogP contribution in [0.2, 0.25) is 0 Å². The summed E-state index contributed by atoms with van der Waals surface area (Å²) in [5.74, 6) is -1.63. The number of rotatable bonds is 4. The number of aromatic nitrogens is 1. The maximum absolute atomic E-state index is 13.0. The highest BCUT2D eigenvalue weighted by Crippen LogP contribution is 2.16. The van der Waals surface area contributed by atoms with Gasteiger partial charge < -0.3 is 5.32 Å². The van der Waals surface area contributed by atoms with Crippen molar-refractivity contribution in [2.45, 2.75) is 26.4 Å². The van der Waals surface area contributed by atoms with E-state index in [9.17, 15) is 8.78 Å². The molecule has 0 amide bonds. The predicted octanol–water partition coefficient (Wildman–Crippen LogP) is 3.58. The van der Waals surface area contributed by atoms with Gasteiger partial charge in [-0.3, -0.25) is 0 Å². The van der Waals surface area contributed by atoms with Crippen LogP contribution in [0.15, 0.2) is 23.6 Å². The maximum Gasteiger partial charge on any atom is 0.159 e. The van der Waals surface area contributed by atoms with Crippen LogP contribution in [0, 0.1) is 18.6 Å². The Hall–Kier alpha value is -1.33.